The number of carbonyl (C=O) groups is 1. The first-order chi connectivity index (χ1) is 11.4. The minimum atomic E-state index is -3.78. The standard InChI is InChI=1S/C17H27N3O3S/c1-3-4-11-20(2)17(21)14-7-5-6-8-16(14)24(22,23)19-15(12-18)13-9-10-13/h5-8,13,15,19H,3-4,9-12,18H2,1-2H3. The Kier molecular flexibility index (Phi) is 6.37. The summed E-state index contributed by atoms with van der Waals surface area (Å²) in [6.45, 7) is 2.91. The number of nitrogens with one attached hydrogen (secondary N) is 1. The average molecular weight is 353 g/mol. The lowest BCUT2D eigenvalue weighted by molar-refractivity contribution is 0.0789. The Morgan fingerprint density at radius 2 is 2.04 bits per heavy atom. The number of sulfonamides is 1. The molecule has 0 heterocycles. The van der Waals surface area contributed by atoms with E-state index in [4.69, 9.17) is 5.73 Å². The lowest BCUT2D eigenvalue weighted by Gasteiger charge is -2.20. The number of rotatable bonds is 9. The highest BCUT2D eigenvalue weighted by molar-refractivity contribution is 7.89. The summed E-state index contributed by atoms with van der Waals surface area (Å²) in [5.41, 5.74) is 5.90. The third-order valence-corrected chi connectivity index (χ3v) is 5.90. The van der Waals surface area contributed by atoms with Gasteiger partial charge in [-0.1, -0.05) is 25.5 Å². The first-order valence-corrected chi connectivity index (χ1v) is 9.96. The lowest BCUT2D eigenvalue weighted by atomic mass is 10.2. The highest BCUT2D eigenvalue weighted by Crippen LogP contribution is 2.33. The molecule has 1 aliphatic rings. The number of hydrogen-bond donors (Lipinski definition) is 2. The lowest BCUT2D eigenvalue weighted by Crippen LogP contribution is -2.42. The molecule has 0 bridgehead atoms. The minimum absolute atomic E-state index is 0.0254. The quantitative estimate of drug-likeness (QED) is 0.705. The summed E-state index contributed by atoms with van der Waals surface area (Å²) in [5.74, 6) is 0.0278. The van der Waals surface area contributed by atoms with Crippen molar-refractivity contribution in [2.24, 2.45) is 11.7 Å². The van der Waals surface area contributed by atoms with Crippen LogP contribution in [0.25, 0.3) is 0 Å². The Balaban J connectivity index is 2.25. The van der Waals surface area contributed by atoms with Crippen LogP contribution < -0.4 is 10.5 Å². The zero-order valence-corrected chi connectivity index (χ0v) is 15.2. The summed E-state index contributed by atoms with van der Waals surface area (Å²) in [6, 6.07) is 6.08. The van der Waals surface area contributed by atoms with Gasteiger partial charge in [0, 0.05) is 26.2 Å². The van der Waals surface area contributed by atoms with Crippen molar-refractivity contribution in [3.63, 3.8) is 0 Å². The van der Waals surface area contributed by atoms with Crippen LogP contribution in [-0.2, 0) is 10.0 Å². The zero-order valence-electron chi connectivity index (χ0n) is 14.4. The molecular weight excluding hydrogens is 326 g/mol. The van der Waals surface area contributed by atoms with E-state index >= 15 is 0 Å². The highest BCUT2D eigenvalue weighted by Gasteiger charge is 2.34. The van der Waals surface area contributed by atoms with Gasteiger partial charge in [-0.25, -0.2) is 13.1 Å². The van der Waals surface area contributed by atoms with E-state index in [1.54, 1.807) is 30.1 Å². The second-order valence-electron chi connectivity index (χ2n) is 6.38. The molecule has 0 saturated heterocycles. The Labute approximate surface area is 144 Å². The summed E-state index contributed by atoms with van der Waals surface area (Å²) >= 11 is 0. The van der Waals surface area contributed by atoms with Crippen LogP contribution in [0.1, 0.15) is 43.0 Å². The Bertz CT molecular complexity index is 671. The van der Waals surface area contributed by atoms with Crippen molar-refractivity contribution >= 4 is 15.9 Å². The monoisotopic (exact) mass is 353 g/mol. The van der Waals surface area contributed by atoms with Crippen molar-refractivity contribution < 1.29 is 13.2 Å². The molecule has 1 unspecified atom stereocenters. The van der Waals surface area contributed by atoms with Crippen molar-refractivity contribution in [3.05, 3.63) is 29.8 Å². The predicted octanol–water partition coefficient (Wildman–Crippen LogP) is 1.57. The summed E-state index contributed by atoms with van der Waals surface area (Å²) in [5, 5.41) is 0. The molecule has 1 aromatic rings. The summed E-state index contributed by atoms with van der Waals surface area (Å²) in [7, 11) is -2.09. The van der Waals surface area contributed by atoms with E-state index in [1.165, 1.54) is 6.07 Å². The molecule has 2 rings (SSSR count). The van der Waals surface area contributed by atoms with Gasteiger partial charge in [-0.15, -0.1) is 0 Å². The van der Waals surface area contributed by atoms with Crippen LogP contribution >= 0.6 is 0 Å². The van der Waals surface area contributed by atoms with Crippen molar-refractivity contribution in [3.8, 4) is 0 Å². The molecule has 1 fully saturated rings. The second kappa shape index (κ2) is 8.09. The van der Waals surface area contributed by atoms with Crippen molar-refractivity contribution in [1.82, 2.24) is 9.62 Å². The smallest absolute Gasteiger partial charge is 0.254 e. The molecule has 1 aromatic carbocycles. The first kappa shape index (κ1) is 18.9. The fourth-order valence-electron chi connectivity index (χ4n) is 2.68. The Hall–Kier alpha value is -1.44. The summed E-state index contributed by atoms with van der Waals surface area (Å²) in [6.07, 6.45) is 3.83. The van der Waals surface area contributed by atoms with Gasteiger partial charge in [0.1, 0.15) is 0 Å². The molecule has 0 spiro atoms. The molecule has 0 aliphatic heterocycles. The number of benzene rings is 1. The van der Waals surface area contributed by atoms with E-state index in [0.29, 0.717) is 12.5 Å². The fourth-order valence-corrected chi connectivity index (χ4v) is 4.20. The van der Waals surface area contributed by atoms with Gasteiger partial charge in [0.25, 0.3) is 5.91 Å². The van der Waals surface area contributed by atoms with Crippen molar-refractivity contribution in [2.75, 3.05) is 20.1 Å². The molecule has 0 aromatic heterocycles. The second-order valence-corrected chi connectivity index (χ2v) is 8.06. The molecule has 134 valence electrons. The van der Waals surface area contributed by atoms with Crippen LogP contribution in [0.3, 0.4) is 0 Å². The predicted molar refractivity (Wildman–Crippen MR) is 94.2 cm³/mol. The molecule has 1 amide bonds. The number of nitrogens with zero attached hydrogens (tertiary/aromatic N) is 1. The minimum Gasteiger partial charge on any atom is -0.342 e. The van der Waals surface area contributed by atoms with Gasteiger partial charge in [-0.3, -0.25) is 4.79 Å². The number of unbranched alkanes of at least 4 members (excludes halogenated alkanes) is 1. The van der Waals surface area contributed by atoms with Crippen LogP contribution in [0.4, 0.5) is 0 Å². The van der Waals surface area contributed by atoms with Crippen molar-refractivity contribution in [1.29, 1.82) is 0 Å². The molecule has 24 heavy (non-hydrogen) atoms. The molecule has 1 aliphatic carbocycles. The van der Waals surface area contributed by atoms with Gasteiger partial charge < -0.3 is 10.6 Å². The van der Waals surface area contributed by atoms with Gasteiger partial charge in [0.2, 0.25) is 10.0 Å². The SMILES string of the molecule is CCCCN(C)C(=O)c1ccccc1S(=O)(=O)NC(CN)C1CC1. The highest BCUT2D eigenvalue weighted by atomic mass is 32.2. The Morgan fingerprint density at radius 1 is 1.38 bits per heavy atom. The van der Waals surface area contributed by atoms with Crippen LogP contribution in [0.2, 0.25) is 0 Å². The maximum atomic E-state index is 12.8. The molecule has 0 radical (unpaired) electrons. The third-order valence-electron chi connectivity index (χ3n) is 4.35. The molecule has 1 atom stereocenters. The fraction of sp³-hybridized carbons (Fsp3) is 0.588. The van der Waals surface area contributed by atoms with Crippen molar-refractivity contribution in [2.45, 2.75) is 43.5 Å². The maximum Gasteiger partial charge on any atom is 0.254 e. The van der Waals surface area contributed by atoms with E-state index in [9.17, 15) is 13.2 Å². The van der Waals surface area contributed by atoms with E-state index in [0.717, 1.165) is 25.7 Å². The van der Waals surface area contributed by atoms with Gasteiger partial charge in [-0.2, -0.15) is 0 Å². The number of amides is 1. The summed E-state index contributed by atoms with van der Waals surface area (Å²) < 4.78 is 28.2. The molecule has 3 N–H and O–H groups in total. The number of nitrogens with two attached hydrogens (primary N) is 1. The summed E-state index contributed by atoms with van der Waals surface area (Å²) in [4.78, 5) is 14.2. The van der Waals surface area contributed by atoms with E-state index in [1.807, 2.05) is 6.92 Å². The van der Waals surface area contributed by atoms with Crippen LogP contribution in [0.15, 0.2) is 29.2 Å². The molecular formula is C17H27N3O3S. The number of hydrogen-bond acceptors (Lipinski definition) is 4. The van der Waals surface area contributed by atoms with E-state index in [-0.39, 0.29) is 29.0 Å². The molecule has 6 nitrogen and oxygen atoms in total. The third kappa shape index (κ3) is 4.55. The molecule has 7 heteroatoms. The maximum absolute atomic E-state index is 12.8. The van der Waals surface area contributed by atoms with Crippen LogP contribution in [0, 0.1) is 5.92 Å². The Morgan fingerprint density at radius 3 is 2.62 bits per heavy atom. The van der Waals surface area contributed by atoms with Crippen LogP contribution in [-0.4, -0.2) is 45.4 Å². The van der Waals surface area contributed by atoms with Gasteiger partial charge in [0.05, 0.1) is 10.5 Å². The largest absolute Gasteiger partial charge is 0.342 e. The van der Waals surface area contributed by atoms with Gasteiger partial charge >= 0.3 is 0 Å². The van der Waals surface area contributed by atoms with Crippen LogP contribution in [0.5, 0.6) is 0 Å². The first-order valence-electron chi connectivity index (χ1n) is 8.47. The topological polar surface area (TPSA) is 92.5 Å². The van der Waals surface area contributed by atoms with E-state index < -0.39 is 10.0 Å². The van der Waals surface area contributed by atoms with E-state index in [2.05, 4.69) is 4.72 Å². The van der Waals surface area contributed by atoms with Gasteiger partial charge in [-0.05, 0) is 37.3 Å². The molecule has 1 saturated carbocycles. The zero-order chi connectivity index (χ0) is 17.7. The average Bonchev–Trinajstić information content (AvgIpc) is 3.41. The van der Waals surface area contributed by atoms with Gasteiger partial charge in [0.15, 0.2) is 0 Å². The normalized spacial score (nSPS) is 16.0. The number of carbonyl (C=O) groups excluding carboxylic acids is 1.